The maximum absolute atomic E-state index is 12.8. The Labute approximate surface area is 107 Å². The lowest BCUT2D eigenvalue weighted by Gasteiger charge is -2.15. The van der Waals surface area contributed by atoms with Gasteiger partial charge in [0, 0.05) is 12.5 Å². The van der Waals surface area contributed by atoms with Crippen molar-refractivity contribution in [2.24, 2.45) is 0 Å². The molecule has 0 radical (unpaired) electrons. The Hall–Kier alpha value is -1.61. The summed E-state index contributed by atoms with van der Waals surface area (Å²) in [5, 5.41) is 3.29. The lowest BCUT2D eigenvalue weighted by molar-refractivity contribution is 0.460. The highest BCUT2D eigenvalue weighted by atomic mass is 19.1. The fraction of sp³-hybridized carbons (Fsp3) is 0.333. The molecule has 96 valence electrons. The molecule has 0 saturated heterocycles. The standard InChI is InChI=1S/C15H18FNO/c1-17-14(8-9-15-3-2-10-18-15)11-12-4-6-13(16)7-5-12/h2-7,10,14,17H,8-9,11H2,1H3. The quantitative estimate of drug-likeness (QED) is 0.848. The minimum Gasteiger partial charge on any atom is -0.469 e. The summed E-state index contributed by atoms with van der Waals surface area (Å²) in [6.45, 7) is 0. The van der Waals surface area contributed by atoms with Crippen molar-refractivity contribution >= 4 is 0 Å². The van der Waals surface area contributed by atoms with Gasteiger partial charge in [0.1, 0.15) is 11.6 Å². The van der Waals surface area contributed by atoms with Crippen molar-refractivity contribution in [2.75, 3.05) is 7.05 Å². The minimum atomic E-state index is -0.185. The highest BCUT2D eigenvalue weighted by molar-refractivity contribution is 5.17. The van der Waals surface area contributed by atoms with Crippen LogP contribution in [0.4, 0.5) is 4.39 Å². The number of benzene rings is 1. The molecule has 1 atom stereocenters. The first kappa shape index (κ1) is 12.8. The van der Waals surface area contributed by atoms with Gasteiger partial charge >= 0.3 is 0 Å². The molecule has 0 spiro atoms. The van der Waals surface area contributed by atoms with E-state index >= 15 is 0 Å². The van der Waals surface area contributed by atoms with E-state index in [2.05, 4.69) is 5.32 Å². The average Bonchev–Trinajstić information content (AvgIpc) is 2.90. The fourth-order valence-corrected chi connectivity index (χ4v) is 2.02. The molecular weight excluding hydrogens is 229 g/mol. The molecule has 2 nitrogen and oxygen atoms in total. The van der Waals surface area contributed by atoms with Crippen LogP contribution in [0.3, 0.4) is 0 Å². The van der Waals surface area contributed by atoms with Gasteiger partial charge < -0.3 is 9.73 Å². The van der Waals surface area contributed by atoms with Gasteiger partial charge in [-0.1, -0.05) is 12.1 Å². The lowest BCUT2D eigenvalue weighted by Crippen LogP contribution is -2.28. The molecule has 1 N–H and O–H groups in total. The van der Waals surface area contributed by atoms with E-state index in [9.17, 15) is 4.39 Å². The number of furan rings is 1. The second-order valence-corrected chi connectivity index (χ2v) is 4.43. The number of likely N-dealkylation sites (N-methyl/N-ethyl adjacent to an activating group) is 1. The first-order chi connectivity index (χ1) is 8.78. The third-order valence-corrected chi connectivity index (χ3v) is 3.12. The van der Waals surface area contributed by atoms with E-state index in [-0.39, 0.29) is 5.82 Å². The van der Waals surface area contributed by atoms with E-state index in [1.807, 2.05) is 31.3 Å². The summed E-state index contributed by atoms with van der Waals surface area (Å²) in [6, 6.07) is 11.0. The summed E-state index contributed by atoms with van der Waals surface area (Å²) < 4.78 is 18.1. The summed E-state index contributed by atoms with van der Waals surface area (Å²) >= 11 is 0. The van der Waals surface area contributed by atoms with E-state index in [0.29, 0.717) is 6.04 Å². The van der Waals surface area contributed by atoms with Gasteiger partial charge in [0.25, 0.3) is 0 Å². The summed E-state index contributed by atoms with van der Waals surface area (Å²) in [5.41, 5.74) is 1.15. The largest absolute Gasteiger partial charge is 0.469 e. The molecule has 0 bridgehead atoms. The van der Waals surface area contributed by atoms with Crippen LogP contribution in [0.1, 0.15) is 17.7 Å². The zero-order chi connectivity index (χ0) is 12.8. The predicted molar refractivity (Wildman–Crippen MR) is 70.0 cm³/mol. The van der Waals surface area contributed by atoms with Gasteiger partial charge in [-0.25, -0.2) is 4.39 Å². The van der Waals surface area contributed by atoms with E-state index in [4.69, 9.17) is 4.42 Å². The summed E-state index contributed by atoms with van der Waals surface area (Å²) in [7, 11) is 1.95. The first-order valence-corrected chi connectivity index (χ1v) is 6.22. The third-order valence-electron chi connectivity index (χ3n) is 3.12. The highest BCUT2D eigenvalue weighted by Gasteiger charge is 2.08. The maximum atomic E-state index is 12.8. The van der Waals surface area contributed by atoms with Gasteiger partial charge in [-0.2, -0.15) is 0 Å². The molecule has 1 aromatic carbocycles. The van der Waals surface area contributed by atoms with E-state index in [1.165, 1.54) is 12.1 Å². The second-order valence-electron chi connectivity index (χ2n) is 4.43. The molecule has 3 heteroatoms. The zero-order valence-electron chi connectivity index (χ0n) is 10.5. The number of hydrogen-bond acceptors (Lipinski definition) is 2. The van der Waals surface area contributed by atoms with Crippen molar-refractivity contribution in [3.05, 3.63) is 59.8 Å². The van der Waals surface area contributed by atoms with Crippen LogP contribution in [0.25, 0.3) is 0 Å². The van der Waals surface area contributed by atoms with Crippen LogP contribution in [-0.4, -0.2) is 13.1 Å². The van der Waals surface area contributed by atoms with E-state index < -0.39 is 0 Å². The fourth-order valence-electron chi connectivity index (χ4n) is 2.02. The van der Waals surface area contributed by atoms with Gasteiger partial charge in [0.15, 0.2) is 0 Å². The SMILES string of the molecule is CNC(CCc1ccco1)Cc1ccc(F)cc1. The number of hydrogen-bond donors (Lipinski definition) is 1. The van der Waals surface area contributed by atoms with Crippen LogP contribution in [0, 0.1) is 5.82 Å². The van der Waals surface area contributed by atoms with Crippen molar-refractivity contribution in [3.8, 4) is 0 Å². The molecule has 2 rings (SSSR count). The van der Waals surface area contributed by atoms with Crippen LogP contribution in [0.5, 0.6) is 0 Å². The summed E-state index contributed by atoms with van der Waals surface area (Å²) in [5.74, 6) is 0.824. The Morgan fingerprint density at radius 1 is 1.22 bits per heavy atom. The summed E-state index contributed by atoms with van der Waals surface area (Å²) in [4.78, 5) is 0. The van der Waals surface area contributed by atoms with Crippen molar-refractivity contribution in [2.45, 2.75) is 25.3 Å². The third kappa shape index (κ3) is 3.70. The molecule has 0 amide bonds. The van der Waals surface area contributed by atoms with Gasteiger partial charge in [0.2, 0.25) is 0 Å². The van der Waals surface area contributed by atoms with Crippen molar-refractivity contribution in [1.82, 2.24) is 5.32 Å². The van der Waals surface area contributed by atoms with Gasteiger partial charge in [-0.3, -0.25) is 0 Å². The molecule has 2 aromatic rings. The minimum absolute atomic E-state index is 0.185. The Bertz CT molecular complexity index is 450. The molecular formula is C15H18FNO. The van der Waals surface area contributed by atoms with Gasteiger partial charge in [0.05, 0.1) is 6.26 Å². The van der Waals surface area contributed by atoms with E-state index in [0.717, 1.165) is 30.6 Å². The molecule has 0 aliphatic rings. The predicted octanol–water partition coefficient (Wildman–Crippen LogP) is 3.18. The molecule has 0 saturated carbocycles. The average molecular weight is 247 g/mol. The lowest BCUT2D eigenvalue weighted by atomic mass is 10.0. The van der Waals surface area contributed by atoms with Crippen LogP contribution < -0.4 is 5.32 Å². The number of halogens is 1. The van der Waals surface area contributed by atoms with Crippen LogP contribution >= 0.6 is 0 Å². The second kappa shape index (κ2) is 6.36. The molecule has 0 fully saturated rings. The number of rotatable bonds is 6. The first-order valence-electron chi connectivity index (χ1n) is 6.22. The molecule has 18 heavy (non-hydrogen) atoms. The smallest absolute Gasteiger partial charge is 0.123 e. The van der Waals surface area contributed by atoms with Crippen molar-refractivity contribution < 1.29 is 8.81 Å². The Kier molecular flexibility index (Phi) is 4.53. The molecule has 0 aliphatic heterocycles. The highest BCUT2D eigenvalue weighted by Crippen LogP contribution is 2.11. The summed E-state index contributed by atoms with van der Waals surface area (Å²) in [6.07, 6.45) is 4.52. The van der Waals surface area contributed by atoms with Crippen LogP contribution in [0.15, 0.2) is 47.1 Å². The number of aryl methyl sites for hydroxylation is 1. The van der Waals surface area contributed by atoms with Gasteiger partial charge in [-0.05, 0) is 49.7 Å². The molecule has 1 unspecified atom stereocenters. The molecule has 1 heterocycles. The van der Waals surface area contributed by atoms with Crippen LogP contribution in [0.2, 0.25) is 0 Å². The van der Waals surface area contributed by atoms with Crippen LogP contribution in [-0.2, 0) is 12.8 Å². The van der Waals surface area contributed by atoms with Crippen molar-refractivity contribution in [3.63, 3.8) is 0 Å². The Morgan fingerprint density at radius 3 is 2.61 bits per heavy atom. The Balaban J connectivity index is 1.87. The molecule has 0 aliphatic carbocycles. The van der Waals surface area contributed by atoms with Gasteiger partial charge in [-0.15, -0.1) is 0 Å². The monoisotopic (exact) mass is 247 g/mol. The molecule has 1 aromatic heterocycles. The zero-order valence-corrected chi connectivity index (χ0v) is 10.5. The van der Waals surface area contributed by atoms with E-state index in [1.54, 1.807) is 6.26 Å². The maximum Gasteiger partial charge on any atom is 0.123 e. The normalized spacial score (nSPS) is 12.6. The van der Waals surface area contributed by atoms with Crippen molar-refractivity contribution in [1.29, 1.82) is 0 Å². The topological polar surface area (TPSA) is 25.2 Å². The Morgan fingerprint density at radius 2 is 2.00 bits per heavy atom. The number of nitrogens with one attached hydrogen (secondary N) is 1.